The van der Waals surface area contributed by atoms with Gasteiger partial charge in [0.05, 0.1) is 37.3 Å². The molecule has 1 aromatic heterocycles. The number of morpholine rings is 1. The average Bonchev–Trinajstić information content (AvgIpc) is 2.79. The summed E-state index contributed by atoms with van der Waals surface area (Å²) < 4.78 is 21.1. The summed E-state index contributed by atoms with van der Waals surface area (Å²) in [5.74, 6) is -0.302. The molecule has 2 heterocycles. The van der Waals surface area contributed by atoms with Crippen LogP contribution in [-0.4, -0.2) is 46.1 Å². The number of nitrogens with zero attached hydrogens (tertiary/aromatic N) is 3. The fourth-order valence-corrected chi connectivity index (χ4v) is 3.95. The van der Waals surface area contributed by atoms with Crippen molar-refractivity contribution in [3.8, 4) is 11.3 Å². The summed E-state index contributed by atoms with van der Waals surface area (Å²) >= 11 is 0. The SMILES string of the molecule is Nc1cnc(-c2ccc(C3(CO)OCCN(C=O)C3c3ccccc3)cc2F)cn1. The van der Waals surface area contributed by atoms with Gasteiger partial charge < -0.3 is 20.5 Å². The lowest BCUT2D eigenvalue weighted by Gasteiger charge is -2.48. The molecule has 4 rings (SSSR count). The lowest BCUT2D eigenvalue weighted by molar-refractivity contribution is -0.179. The highest BCUT2D eigenvalue weighted by Crippen LogP contribution is 2.45. The van der Waals surface area contributed by atoms with Gasteiger partial charge in [0.25, 0.3) is 0 Å². The minimum Gasteiger partial charge on any atom is -0.393 e. The highest BCUT2D eigenvalue weighted by molar-refractivity contribution is 5.61. The van der Waals surface area contributed by atoms with Crippen molar-refractivity contribution in [2.45, 2.75) is 11.6 Å². The van der Waals surface area contributed by atoms with Crippen LogP contribution in [0.2, 0.25) is 0 Å². The first-order chi connectivity index (χ1) is 14.6. The van der Waals surface area contributed by atoms with Crippen molar-refractivity contribution in [2.75, 3.05) is 25.5 Å². The molecule has 8 heteroatoms. The topological polar surface area (TPSA) is 102 Å². The summed E-state index contributed by atoms with van der Waals surface area (Å²) in [6.07, 6.45) is 3.49. The normalized spacial score (nSPS) is 21.4. The van der Waals surface area contributed by atoms with E-state index in [4.69, 9.17) is 10.5 Å². The zero-order valence-corrected chi connectivity index (χ0v) is 16.1. The number of benzene rings is 2. The Labute approximate surface area is 173 Å². The van der Waals surface area contributed by atoms with Gasteiger partial charge in [0.2, 0.25) is 6.41 Å². The van der Waals surface area contributed by atoms with E-state index in [9.17, 15) is 9.90 Å². The fraction of sp³-hybridized carbons (Fsp3) is 0.227. The summed E-state index contributed by atoms with van der Waals surface area (Å²) in [7, 11) is 0. The van der Waals surface area contributed by atoms with Crippen molar-refractivity contribution in [3.63, 3.8) is 0 Å². The maximum absolute atomic E-state index is 15.1. The Morgan fingerprint density at radius 2 is 2.03 bits per heavy atom. The second-order valence-corrected chi connectivity index (χ2v) is 7.07. The van der Waals surface area contributed by atoms with E-state index in [0.717, 1.165) is 12.0 Å². The molecule has 1 amide bonds. The van der Waals surface area contributed by atoms with Crippen molar-refractivity contribution in [1.82, 2.24) is 14.9 Å². The molecule has 0 saturated carbocycles. The number of anilines is 1. The van der Waals surface area contributed by atoms with Gasteiger partial charge in [-0.25, -0.2) is 9.37 Å². The number of halogens is 1. The number of hydrogen-bond donors (Lipinski definition) is 2. The van der Waals surface area contributed by atoms with Crippen molar-refractivity contribution < 1.29 is 19.0 Å². The van der Waals surface area contributed by atoms with Gasteiger partial charge in [0.15, 0.2) is 0 Å². The van der Waals surface area contributed by atoms with Crippen LogP contribution in [-0.2, 0) is 15.1 Å². The maximum atomic E-state index is 15.1. The number of carbonyl (C=O) groups is 1. The fourth-order valence-electron chi connectivity index (χ4n) is 3.95. The van der Waals surface area contributed by atoms with Crippen LogP contribution in [0.3, 0.4) is 0 Å². The maximum Gasteiger partial charge on any atom is 0.210 e. The second kappa shape index (κ2) is 8.17. The smallest absolute Gasteiger partial charge is 0.210 e. The van der Waals surface area contributed by atoms with E-state index >= 15 is 4.39 Å². The number of hydrogen-bond acceptors (Lipinski definition) is 6. The first-order valence-corrected chi connectivity index (χ1v) is 9.48. The van der Waals surface area contributed by atoms with Crippen LogP contribution in [0.1, 0.15) is 17.2 Å². The monoisotopic (exact) mass is 408 g/mol. The van der Waals surface area contributed by atoms with Gasteiger partial charge in [-0.3, -0.25) is 9.78 Å². The first kappa shape index (κ1) is 19.9. The minimum absolute atomic E-state index is 0.218. The van der Waals surface area contributed by atoms with E-state index in [1.54, 1.807) is 17.0 Å². The highest BCUT2D eigenvalue weighted by Gasteiger charge is 2.48. The van der Waals surface area contributed by atoms with Gasteiger partial charge in [-0.2, -0.15) is 0 Å². The van der Waals surface area contributed by atoms with E-state index in [0.29, 0.717) is 17.8 Å². The predicted molar refractivity (Wildman–Crippen MR) is 109 cm³/mol. The molecule has 30 heavy (non-hydrogen) atoms. The Kier molecular flexibility index (Phi) is 5.43. The van der Waals surface area contributed by atoms with Crippen molar-refractivity contribution >= 4 is 12.2 Å². The van der Waals surface area contributed by atoms with Crippen LogP contribution in [0.15, 0.2) is 60.9 Å². The molecule has 0 spiro atoms. The molecule has 1 fully saturated rings. The van der Waals surface area contributed by atoms with Crippen LogP contribution >= 0.6 is 0 Å². The van der Waals surface area contributed by atoms with E-state index in [1.807, 2.05) is 30.3 Å². The molecule has 1 aliphatic rings. The van der Waals surface area contributed by atoms with E-state index in [1.165, 1.54) is 18.5 Å². The van der Waals surface area contributed by atoms with E-state index in [-0.39, 0.29) is 18.0 Å². The summed E-state index contributed by atoms with van der Waals surface area (Å²) in [4.78, 5) is 21.4. The van der Waals surface area contributed by atoms with Gasteiger partial charge in [-0.15, -0.1) is 0 Å². The second-order valence-electron chi connectivity index (χ2n) is 7.07. The quantitative estimate of drug-likeness (QED) is 0.628. The summed E-state index contributed by atoms with van der Waals surface area (Å²) in [6.45, 7) is 0.152. The molecule has 0 bridgehead atoms. The van der Waals surface area contributed by atoms with Crippen molar-refractivity contribution in [1.29, 1.82) is 0 Å². The van der Waals surface area contributed by atoms with Crippen molar-refractivity contribution in [2.24, 2.45) is 0 Å². The summed E-state index contributed by atoms with van der Waals surface area (Å²) in [5.41, 5.74) is 6.04. The van der Waals surface area contributed by atoms with Crippen LogP contribution in [0, 0.1) is 5.82 Å². The largest absolute Gasteiger partial charge is 0.393 e. The molecular formula is C22H21FN4O3. The number of carbonyl (C=O) groups excluding carboxylic acids is 1. The molecule has 3 aromatic rings. The molecule has 7 nitrogen and oxygen atoms in total. The van der Waals surface area contributed by atoms with E-state index in [2.05, 4.69) is 9.97 Å². The Morgan fingerprint density at radius 1 is 1.23 bits per heavy atom. The summed E-state index contributed by atoms with van der Waals surface area (Å²) in [5, 5.41) is 10.4. The molecule has 2 aromatic carbocycles. The Morgan fingerprint density at radius 3 is 2.67 bits per heavy atom. The van der Waals surface area contributed by atoms with Gasteiger partial charge in [-0.05, 0) is 23.3 Å². The zero-order chi connectivity index (χ0) is 21.1. The van der Waals surface area contributed by atoms with Gasteiger partial charge in [0, 0.05) is 12.1 Å². The van der Waals surface area contributed by atoms with Crippen LogP contribution in [0.4, 0.5) is 10.2 Å². The van der Waals surface area contributed by atoms with Gasteiger partial charge in [0.1, 0.15) is 17.2 Å². The van der Waals surface area contributed by atoms with Crippen LogP contribution in [0.25, 0.3) is 11.3 Å². The summed E-state index contributed by atoms with van der Waals surface area (Å²) in [6, 6.07) is 13.2. The molecule has 2 atom stereocenters. The number of rotatable bonds is 5. The molecular weight excluding hydrogens is 387 g/mol. The minimum atomic E-state index is -1.31. The number of nitrogens with two attached hydrogens (primary N) is 1. The Balaban J connectivity index is 1.81. The van der Waals surface area contributed by atoms with Gasteiger partial charge in [-0.1, -0.05) is 36.4 Å². The third-order valence-corrected chi connectivity index (χ3v) is 5.37. The molecule has 0 aliphatic carbocycles. The molecule has 0 radical (unpaired) electrons. The molecule has 1 aliphatic heterocycles. The van der Waals surface area contributed by atoms with Gasteiger partial charge >= 0.3 is 0 Å². The number of aliphatic hydroxyl groups is 1. The average molecular weight is 408 g/mol. The number of aliphatic hydroxyl groups excluding tert-OH is 1. The van der Waals surface area contributed by atoms with E-state index < -0.39 is 24.1 Å². The molecule has 3 N–H and O–H groups in total. The zero-order valence-electron chi connectivity index (χ0n) is 16.1. The Hall–Kier alpha value is -3.36. The number of aromatic nitrogens is 2. The van der Waals surface area contributed by atoms with Crippen molar-refractivity contribution in [3.05, 3.63) is 77.9 Å². The standard InChI is InChI=1S/C22H21FN4O3/c23-18-10-16(6-7-17(18)19-11-26-20(24)12-25-19)22(13-28)21(15-4-2-1-3-5-15)27(14-29)8-9-30-22/h1-7,10-12,14,21,28H,8-9,13H2,(H2,24,26). The highest BCUT2D eigenvalue weighted by atomic mass is 19.1. The lowest BCUT2D eigenvalue weighted by Crippen LogP contribution is -2.53. The molecule has 2 unspecified atom stereocenters. The third kappa shape index (κ3) is 3.40. The first-order valence-electron chi connectivity index (χ1n) is 9.48. The Bertz CT molecular complexity index is 1030. The van der Waals surface area contributed by atoms with Crippen LogP contribution < -0.4 is 5.73 Å². The lowest BCUT2D eigenvalue weighted by atomic mass is 9.80. The van der Waals surface area contributed by atoms with Crippen LogP contribution in [0.5, 0.6) is 0 Å². The third-order valence-electron chi connectivity index (χ3n) is 5.37. The molecule has 1 saturated heterocycles. The number of amides is 1. The molecule has 154 valence electrons. The number of ether oxygens (including phenoxy) is 1. The predicted octanol–water partition coefficient (Wildman–Crippen LogP) is 2.28. The number of nitrogen functional groups attached to an aromatic ring is 1.